The van der Waals surface area contributed by atoms with E-state index in [0.717, 1.165) is 11.1 Å². The van der Waals surface area contributed by atoms with E-state index in [-0.39, 0.29) is 17.7 Å². The summed E-state index contributed by atoms with van der Waals surface area (Å²) in [6.07, 6.45) is -6.79. The molecule has 0 saturated carbocycles. The van der Waals surface area contributed by atoms with Crippen LogP contribution >= 0.6 is 0 Å². The second-order valence-corrected chi connectivity index (χ2v) is 6.69. The number of rotatable bonds is 5. The van der Waals surface area contributed by atoms with Crippen LogP contribution in [0.5, 0.6) is 5.75 Å². The van der Waals surface area contributed by atoms with Crippen LogP contribution in [0.1, 0.15) is 16.7 Å². The maximum atomic E-state index is 14.4. The number of ether oxygens (including phenoxy) is 2. The third kappa shape index (κ3) is 4.28. The molecule has 1 heterocycles. The van der Waals surface area contributed by atoms with Crippen molar-refractivity contribution < 1.29 is 34.3 Å². The predicted octanol–water partition coefficient (Wildman–Crippen LogP) is 0.904. The molecule has 4 N–H and O–H groups in total. The Labute approximate surface area is 156 Å². The summed E-state index contributed by atoms with van der Waals surface area (Å²) in [6.45, 7) is 1.39. The van der Waals surface area contributed by atoms with Gasteiger partial charge in [-0.05, 0) is 24.6 Å². The molecule has 6 nitrogen and oxygen atoms in total. The van der Waals surface area contributed by atoms with Crippen LogP contribution < -0.4 is 4.74 Å². The number of hydrogen-bond donors (Lipinski definition) is 4. The maximum Gasteiger partial charge on any atom is 0.229 e. The Morgan fingerprint density at radius 2 is 1.70 bits per heavy atom. The molecule has 1 aliphatic rings. The van der Waals surface area contributed by atoms with Crippen molar-refractivity contribution in [2.45, 2.75) is 44.1 Å². The van der Waals surface area contributed by atoms with E-state index in [1.807, 2.05) is 31.2 Å². The van der Waals surface area contributed by atoms with Crippen LogP contribution in [0.3, 0.4) is 0 Å². The van der Waals surface area contributed by atoms with Crippen molar-refractivity contribution in [3.05, 3.63) is 65.0 Å². The van der Waals surface area contributed by atoms with Crippen LogP contribution in [-0.2, 0) is 11.2 Å². The highest BCUT2D eigenvalue weighted by Gasteiger charge is 2.44. The fourth-order valence-corrected chi connectivity index (χ4v) is 3.02. The van der Waals surface area contributed by atoms with E-state index in [4.69, 9.17) is 9.47 Å². The minimum Gasteiger partial charge on any atom is -0.462 e. The topological polar surface area (TPSA) is 99.4 Å². The first-order valence-corrected chi connectivity index (χ1v) is 8.71. The lowest BCUT2D eigenvalue weighted by atomic mass is 9.99. The summed E-state index contributed by atoms with van der Waals surface area (Å²) in [7, 11) is 0. The lowest BCUT2D eigenvalue weighted by Crippen LogP contribution is -2.60. The van der Waals surface area contributed by atoms with Crippen LogP contribution in [-0.4, -0.2) is 57.7 Å². The van der Waals surface area contributed by atoms with E-state index in [1.54, 1.807) is 0 Å². The molecule has 27 heavy (non-hydrogen) atoms. The summed E-state index contributed by atoms with van der Waals surface area (Å²) >= 11 is 0. The number of benzene rings is 2. The van der Waals surface area contributed by atoms with E-state index >= 15 is 0 Å². The molecule has 3 rings (SSSR count). The summed E-state index contributed by atoms with van der Waals surface area (Å²) in [5.41, 5.74) is 2.24. The Morgan fingerprint density at radius 3 is 2.37 bits per heavy atom. The minimum absolute atomic E-state index is 0.153. The normalized spacial score (nSPS) is 28.1. The van der Waals surface area contributed by atoms with Crippen LogP contribution in [0.25, 0.3) is 0 Å². The molecule has 2 aromatic rings. The molecule has 1 aliphatic heterocycles. The molecule has 0 aliphatic carbocycles. The molecular weight excluding hydrogens is 355 g/mol. The van der Waals surface area contributed by atoms with Gasteiger partial charge in [0.15, 0.2) is 0 Å². The predicted molar refractivity (Wildman–Crippen MR) is 94.8 cm³/mol. The second kappa shape index (κ2) is 8.33. The molecule has 2 aromatic carbocycles. The zero-order chi connectivity index (χ0) is 19.6. The first-order valence-electron chi connectivity index (χ1n) is 8.71. The number of aliphatic hydroxyl groups is 4. The minimum atomic E-state index is -1.56. The Bertz CT molecular complexity index is 764. The molecule has 5 atom stereocenters. The van der Waals surface area contributed by atoms with Gasteiger partial charge in [-0.25, -0.2) is 4.39 Å². The average molecular weight is 378 g/mol. The lowest BCUT2D eigenvalue weighted by Gasteiger charge is -2.39. The van der Waals surface area contributed by atoms with Gasteiger partial charge in [0, 0.05) is 12.0 Å². The molecule has 0 radical (unpaired) electrons. The average Bonchev–Trinajstić information content (AvgIpc) is 2.66. The monoisotopic (exact) mass is 378 g/mol. The van der Waals surface area contributed by atoms with E-state index in [1.165, 1.54) is 18.2 Å². The molecule has 0 aromatic heterocycles. The fourth-order valence-electron chi connectivity index (χ4n) is 3.02. The Morgan fingerprint density at radius 1 is 1.00 bits per heavy atom. The van der Waals surface area contributed by atoms with Gasteiger partial charge in [0.25, 0.3) is 0 Å². The molecule has 7 heteroatoms. The summed E-state index contributed by atoms with van der Waals surface area (Å²) in [4.78, 5) is 0. The highest BCUT2D eigenvalue weighted by Crippen LogP contribution is 2.29. The zero-order valence-corrected chi connectivity index (χ0v) is 14.8. The number of aryl methyl sites for hydroxylation is 1. The highest BCUT2D eigenvalue weighted by molar-refractivity contribution is 5.39. The Kier molecular flexibility index (Phi) is 6.08. The molecule has 1 saturated heterocycles. The number of hydrogen-bond acceptors (Lipinski definition) is 6. The number of halogens is 1. The molecule has 0 spiro atoms. The quantitative estimate of drug-likeness (QED) is 0.617. The van der Waals surface area contributed by atoms with Gasteiger partial charge in [-0.2, -0.15) is 0 Å². The second-order valence-electron chi connectivity index (χ2n) is 6.69. The van der Waals surface area contributed by atoms with Gasteiger partial charge >= 0.3 is 0 Å². The van der Waals surface area contributed by atoms with Gasteiger partial charge in [0.05, 0.1) is 6.61 Å². The van der Waals surface area contributed by atoms with Crippen LogP contribution in [0.2, 0.25) is 0 Å². The van der Waals surface area contributed by atoms with Crippen molar-refractivity contribution >= 4 is 0 Å². The van der Waals surface area contributed by atoms with Crippen molar-refractivity contribution in [3.63, 3.8) is 0 Å². The first-order chi connectivity index (χ1) is 12.9. The van der Waals surface area contributed by atoms with Crippen molar-refractivity contribution in [1.82, 2.24) is 0 Å². The SMILES string of the molecule is Cc1ccc(Cc2c(F)cccc2O[C@@H]2O[C@H](CO)[C@@H](O)[C@H](O)[C@H]2O)cc1. The largest absolute Gasteiger partial charge is 0.462 e. The van der Waals surface area contributed by atoms with Crippen molar-refractivity contribution in [2.24, 2.45) is 0 Å². The van der Waals surface area contributed by atoms with Crippen LogP contribution in [0.4, 0.5) is 4.39 Å². The molecule has 146 valence electrons. The zero-order valence-electron chi connectivity index (χ0n) is 14.8. The van der Waals surface area contributed by atoms with Gasteiger partial charge in [-0.1, -0.05) is 35.9 Å². The van der Waals surface area contributed by atoms with Crippen molar-refractivity contribution in [3.8, 4) is 5.75 Å². The highest BCUT2D eigenvalue weighted by atomic mass is 19.1. The third-order valence-electron chi connectivity index (χ3n) is 4.67. The molecule has 0 bridgehead atoms. The standard InChI is InChI=1S/C20H23FO6/c1-11-5-7-12(8-6-11)9-13-14(21)3-2-4-15(13)26-20-19(25)18(24)17(23)16(10-22)27-20/h2-8,16-20,22-25H,9-10H2,1H3/t16-,17-,18+,19-,20-/m1/s1. The molecule has 0 unspecified atom stereocenters. The maximum absolute atomic E-state index is 14.4. The molecule has 0 amide bonds. The summed E-state index contributed by atoms with van der Waals surface area (Å²) < 4.78 is 25.4. The van der Waals surface area contributed by atoms with Gasteiger partial charge < -0.3 is 29.9 Å². The first kappa shape index (κ1) is 19.7. The van der Waals surface area contributed by atoms with Gasteiger partial charge in [-0.15, -0.1) is 0 Å². The fraction of sp³-hybridized carbons (Fsp3) is 0.400. The van der Waals surface area contributed by atoms with E-state index < -0.39 is 43.1 Å². The lowest BCUT2D eigenvalue weighted by molar-refractivity contribution is -0.277. The van der Waals surface area contributed by atoms with E-state index in [0.29, 0.717) is 0 Å². The Balaban J connectivity index is 1.84. The van der Waals surface area contributed by atoms with Gasteiger partial charge in [0.1, 0.15) is 36.0 Å². The van der Waals surface area contributed by atoms with E-state index in [9.17, 15) is 24.8 Å². The third-order valence-corrected chi connectivity index (χ3v) is 4.67. The molecule has 1 fully saturated rings. The summed E-state index contributed by atoms with van der Waals surface area (Å²) in [5.74, 6) is -0.322. The van der Waals surface area contributed by atoms with E-state index in [2.05, 4.69) is 0 Å². The van der Waals surface area contributed by atoms with Crippen molar-refractivity contribution in [2.75, 3.05) is 6.61 Å². The smallest absolute Gasteiger partial charge is 0.229 e. The van der Waals surface area contributed by atoms with Gasteiger partial charge in [0.2, 0.25) is 6.29 Å². The summed E-state index contributed by atoms with van der Waals surface area (Å²) in [6, 6.07) is 11.9. The summed E-state index contributed by atoms with van der Waals surface area (Å²) in [5, 5.41) is 39.1. The van der Waals surface area contributed by atoms with Crippen molar-refractivity contribution in [1.29, 1.82) is 0 Å². The Hall–Kier alpha value is -2.03. The van der Waals surface area contributed by atoms with Crippen LogP contribution in [0.15, 0.2) is 42.5 Å². The van der Waals surface area contributed by atoms with Crippen LogP contribution in [0, 0.1) is 12.7 Å². The van der Waals surface area contributed by atoms with Gasteiger partial charge in [-0.3, -0.25) is 0 Å². The number of aliphatic hydroxyl groups excluding tert-OH is 4. The molecular formula is C20H23FO6.